The molecular formula is C13H18N4O3. The van der Waals surface area contributed by atoms with Crippen molar-refractivity contribution in [2.45, 2.75) is 31.7 Å². The molecule has 7 heteroatoms. The van der Waals surface area contributed by atoms with Crippen molar-refractivity contribution in [3.8, 4) is 0 Å². The summed E-state index contributed by atoms with van der Waals surface area (Å²) >= 11 is 0. The first-order chi connectivity index (χ1) is 9.65. The van der Waals surface area contributed by atoms with Gasteiger partial charge in [0.15, 0.2) is 0 Å². The number of likely N-dealkylation sites (tertiary alicyclic amines) is 1. The van der Waals surface area contributed by atoms with Crippen LogP contribution in [0.2, 0.25) is 0 Å². The number of ether oxygens (including phenoxy) is 1. The van der Waals surface area contributed by atoms with E-state index in [1.54, 1.807) is 0 Å². The second kappa shape index (κ2) is 5.15. The molecule has 1 atom stereocenters. The third-order valence-electron chi connectivity index (χ3n) is 4.09. The number of H-pyrrole nitrogens is 1. The lowest BCUT2D eigenvalue weighted by Crippen LogP contribution is -2.48. The molecule has 20 heavy (non-hydrogen) atoms. The Morgan fingerprint density at radius 2 is 2.20 bits per heavy atom. The van der Waals surface area contributed by atoms with Crippen molar-refractivity contribution in [2.24, 2.45) is 0 Å². The number of aromatic nitrogens is 2. The maximum absolute atomic E-state index is 12.2. The molecule has 0 bridgehead atoms. The Labute approximate surface area is 116 Å². The molecule has 1 unspecified atom stereocenters. The van der Waals surface area contributed by atoms with E-state index in [-0.39, 0.29) is 12.5 Å². The Kier molecular flexibility index (Phi) is 3.33. The van der Waals surface area contributed by atoms with Crippen LogP contribution in [0.4, 0.5) is 4.79 Å². The molecular weight excluding hydrogens is 260 g/mol. The standard InChI is InChI=1S/C13H18N4O3/c1-8-10(6-14-16-8)9-2-4-17(5-3-9)12(18)11-7-20-13(19)15-11/h6,9,11H,2-5,7H2,1H3,(H,14,16)(H,15,19). The lowest BCUT2D eigenvalue weighted by Gasteiger charge is -2.33. The normalized spacial score (nSPS) is 23.6. The molecule has 108 valence electrons. The van der Waals surface area contributed by atoms with E-state index in [0.717, 1.165) is 18.5 Å². The number of nitrogens with one attached hydrogen (secondary N) is 2. The SMILES string of the molecule is Cc1[nH]ncc1C1CCN(C(=O)C2COC(=O)N2)CC1. The lowest BCUT2D eigenvalue weighted by atomic mass is 9.89. The van der Waals surface area contributed by atoms with Crippen molar-refractivity contribution in [1.82, 2.24) is 20.4 Å². The zero-order chi connectivity index (χ0) is 14.1. The molecule has 0 spiro atoms. The fourth-order valence-electron chi connectivity index (χ4n) is 2.92. The van der Waals surface area contributed by atoms with Gasteiger partial charge in [0.2, 0.25) is 5.91 Å². The van der Waals surface area contributed by atoms with Gasteiger partial charge in [-0.1, -0.05) is 0 Å². The summed E-state index contributed by atoms with van der Waals surface area (Å²) in [5.74, 6) is 0.408. The molecule has 2 aliphatic rings. The highest BCUT2D eigenvalue weighted by atomic mass is 16.6. The maximum Gasteiger partial charge on any atom is 0.407 e. The van der Waals surface area contributed by atoms with Gasteiger partial charge in [0, 0.05) is 18.8 Å². The monoisotopic (exact) mass is 278 g/mol. The molecule has 2 amide bonds. The molecule has 2 saturated heterocycles. The number of alkyl carbamates (subject to hydrolysis) is 1. The highest BCUT2D eigenvalue weighted by Crippen LogP contribution is 2.29. The minimum absolute atomic E-state index is 0.0433. The Balaban J connectivity index is 1.57. The van der Waals surface area contributed by atoms with Gasteiger partial charge in [-0.3, -0.25) is 9.89 Å². The number of carbonyl (C=O) groups is 2. The van der Waals surface area contributed by atoms with Crippen LogP contribution in [0, 0.1) is 6.92 Å². The van der Waals surface area contributed by atoms with E-state index in [1.165, 1.54) is 5.56 Å². The number of rotatable bonds is 2. The van der Waals surface area contributed by atoms with Crippen LogP contribution in [0.3, 0.4) is 0 Å². The second-order valence-corrected chi connectivity index (χ2v) is 5.35. The first kappa shape index (κ1) is 13.0. The molecule has 2 aliphatic heterocycles. The Morgan fingerprint density at radius 1 is 1.45 bits per heavy atom. The van der Waals surface area contributed by atoms with Crippen LogP contribution >= 0.6 is 0 Å². The van der Waals surface area contributed by atoms with Gasteiger partial charge in [-0.2, -0.15) is 5.10 Å². The number of carbonyl (C=O) groups excluding carboxylic acids is 2. The molecule has 0 aromatic carbocycles. The lowest BCUT2D eigenvalue weighted by molar-refractivity contribution is -0.134. The van der Waals surface area contributed by atoms with Gasteiger partial charge >= 0.3 is 6.09 Å². The van der Waals surface area contributed by atoms with Crippen molar-refractivity contribution >= 4 is 12.0 Å². The van der Waals surface area contributed by atoms with Gasteiger partial charge in [-0.15, -0.1) is 0 Å². The minimum Gasteiger partial charge on any atom is -0.447 e. The smallest absolute Gasteiger partial charge is 0.407 e. The largest absolute Gasteiger partial charge is 0.447 e. The Bertz CT molecular complexity index is 519. The van der Waals surface area contributed by atoms with Crippen LogP contribution in [-0.2, 0) is 9.53 Å². The van der Waals surface area contributed by atoms with Gasteiger partial charge in [0.25, 0.3) is 0 Å². The van der Waals surface area contributed by atoms with Crippen molar-refractivity contribution in [1.29, 1.82) is 0 Å². The van der Waals surface area contributed by atoms with Gasteiger partial charge in [0.05, 0.1) is 6.20 Å². The Hall–Kier alpha value is -2.05. The molecule has 3 rings (SSSR count). The van der Waals surface area contributed by atoms with E-state index >= 15 is 0 Å². The van der Waals surface area contributed by atoms with Gasteiger partial charge in [0.1, 0.15) is 12.6 Å². The zero-order valence-corrected chi connectivity index (χ0v) is 11.4. The van der Waals surface area contributed by atoms with Crippen molar-refractivity contribution in [3.05, 3.63) is 17.5 Å². The minimum atomic E-state index is -0.519. The number of hydrogen-bond acceptors (Lipinski definition) is 4. The van der Waals surface area contributed by atoms with Crippen molar-refractivity contribution < 1.29 is 14.3 Å². The van der Waals surface area contributed by atoms with Crippen molar-refractivity contribution in [2.75, 3.05) is 19.7 Å². The highest BCUT2D eigenvalue weighted by Gasteiger charge is 2.34. The summed E-state index contributed by atoms with van der Waals surface area (Å²) in [6.45, 7) is 3.57. The molecule has 7 nitrogen and oxygen atoms in total. The fraction of sp³-hybridized carbons (Fsp3) is 0.615. The molecule has 1 aromatic heterocycles. The average Bonchev–Trinajstić information content (AvgIpc) is 3.07. The van der Waals surface area contributed by atoms with E-state index in [9.17, 15) is 9.59 Å². The van der Waals surface area contributed by atoms with Crippen LogP contribution in [0.1, 0.15) is 30.0 Å². The zero-order valence-electron chi connectivity index (χ0n) is 11.4. The number of aryl methyl sites for hydroxylation is 1. The van der Waals surface area contributed by atoms with Gasteiger partial charge in [-0.05, 0) is 31.2 Å². The summed E-state index contributed by atoms with van der Waals surface area (Å²) in [5, 5.41) is 9.54. The predicted octanol–water partition coefficient (Wildman–Crippen LogP) is 0.533. The van der Waals surface area contributed by atoms with Crippen molar-refractivity contribution in [3.63, 3.8) is 0 Å². The maximum atomic E-state index is 12.2. The summed E-state index contributed by atoms with van der Waals surface area (Å²) in [6.07, 6.45) is 3.22. The molecule has 2 fully saturated rings. The first-order valence-corrected chi connectivity index (χ1v) is 6.87. The predicted molar refractivity (Wildman–Crippen MR) is 70.2 cm³/mol. The Morgan fingerprint density at radius 3 is 2.75 bits per heavy atom. The summed E-state index contributed by atoms with van der Waals surface area (Å²) < 4.78 is 4.76. The highest BCUT2D eigenvalue weighted by molar-refractivity contribution is 5.87. The van der Waals surface area contributed by atoms with E-state index in [0.29, 0.717) is 19.0 Å². The van der Waals surface area contributed by atoms with E-state index < -0.39 is 12.1 Å². The van der Waals surface area contributed by atoms with Gasteiger partial charge < -0.3 is 15.0 Å². The van der Waals surface area contributed by atoms with E-state index in [1.807, 2.05) is 18.0 Å². The number of cyclic esters (lactones) is 1. The molecule has 0 saturated carbocycles. The number of piperidine rings is 1. The van der Waals surface area contributed by atoms with Gasteiger partial charge in [-0.25, -0.2) is 4.79 Å². The summed E-state index contributed by atoms with van der Waals surface area (Å²) in [6, 6.07) is -0.519. The first-order valence-electron chi connectivity index (χ1n) is 6.87. The molecule has 0 radical (unpaired) electrons. The van der Waals surface area contributed by atoms with E-state index in [4.69, 9.17) is 4.74 Å². The second-order valence-electron chi connectivity index (χ2n) is 5.35. The van der Waals surface area contributed by atoms with Crippen LogP contribution in [0.5, 0.6) is 0 Å². The number of hydrogen-bond donors (Lipinski definition) is 2. The number of aromatic amines is 1. The molecule has 0 aliphatic carbocycles. The number of nitrogens with zero attached hydrogens (tertiary/aromatic N) is 2. The molecule has 1 aromatic rings. The third-order valence-corrected chi connectivity index (χ3v) is 4.09. The van der Waals surface area contributed by atoms with Crippen LogP contribution < -0.4 is 5.32 Å². The summed E-state index contributed by atoms with van der Waals surface area (Å²) in [7, 11) is 0. The summed E-state index contributed by atoms with van der Waals surface area (Å²) in [4.78, 5) is 25.0. The fourth-order valence-corrected chi connectivity index (χ4v) is 2.92. The quantitative estimate of drug-likeness (QED) is 0.826. The molecule has 2 N–H and O–H groups in total. The van der Waals surface area contributed by atoms with Crippen LogP contribution in [-0.4, -0.2) is 52.8 Å². The summed E-state index contributed by atoms with van der Waals surface area (Å²) in [5.41, 5.74) is 2.35. The topological polar surface area (TPSA) is 87.3 Å². The van der Waals surface area contributed by atoms with E-state index in [2.05, 4.69) is 15.5 Å². The third kappa shape index (κ3) is 2.35. The molecule has 3 heterocycles. The average molecular weight is 278 g/mol. The number of amides is 2. The van der Waals surface area contributed by atoms with Crippen LogP contribution in [0.15, 0.2) is 6.20 Å². The van der Waals surface area contributed by atoms with Crippen LogP contribution in [0.25, 0.3) is 0 Å².